The topological polar surface area (TPSA) is 62.1 Å². The average Bonchev–Trinajstić information content (AvgIpc) is 2.55. The van der Waals surface area contributed by atoms with Crippen LogP contribution in [0.4, 0.5) is 0 Å². The zero-order valence-corrected chi connectivity index (χ0v) is 13.7. The van der Waals surface area contributed by atoms with Crippen molar-refractivity contribution in [1.29, 1.82) is 5.26 Å². The largest absolute Gasteiger partial charge is 0.467 e. The number of hydrogen-bond acceptors (Lipinski definition) is 3. The van der Waals surface area contributed by atoms with E-state index in [2.05, 4.69) is 11.4 Å². The van der Waals surface area contributed by atoms with Gasteiger partial charge in [0.2, 0.25) is 11.6 Å². The number of amides is 1. The maximum atomic E-state index is 11.9. The van der Waals surface area contributed by atoms with Crippen molar-refractivity contribution in [2.24, 2.45) is 0 Å². The molecular formula is C20H18N2O2. The second-order valence-corrected chi connectivity index (χ2v) is 5.86. The molecule has 1 aliphatic rings. The summed E-state index contributed by atoms with van der Waals surface area (Å²) in [6, 6.07) is 19.6. The molecule has 0 aliphatic carbocycles. The zero-order chi connectivity index (χ0) is 17.2. The van der Waals surface area contributed by atoms with E-state index in [1.807, 2.05) is 54.6 Å². The van der Waals surface area contributed by atoms with E-state index in [1.165, 1.54) is 6.92 Å². The van der Waals surface area contributed by atoms with Crippen LogP contribution in [0.25, 0.3) is 5.57 Å². The van der Waals surface area contributed by atoms with Crippen molar-refractivity contribution in [3.8, 4) is 6.07 Å². The molecule has 1 aliphatic heterocycles. The van der Waals surface area contributed by atoms with Crippen LogP contribution >= 0.6 is 0 Å². The highest BCUT2D eigenvalue weighted by molar-refractivity contribution is 5.83. The van der Waals surface area contributed by atoms with Gasteiger partial charge in [-0.15, -0.1) is 0 Å². The van der Waals surface area contributed by atoms with Crippen molar-refractivity contribution in [3.63, 3.8) is 0 Å². The summed E-state index contributed by atoms with van der Waals surface area (Å²) in [5.41, 5.74) is 2.11. The molecule has 0 saturated carbocycles. The number of hydrogen-bond donors (Lipinski definition) is 1. The summed E-state index contributed by atoms with van der Waals surface area (Å²) >= 11 is 0. The van der Waals surface area contributed by atoms with Gasteiger partial charge in [0.25, 0.3) is 0 Å². The Labute approximate surface area is 141 Å². The summed E-state index contributed by atoms with van der Waals surface area (Å²) in [5, 5.41) is 12.4. The van der Waals surface area contributed by atoms with Gasteiger partial charge in [-0.3, -0.25) is 4.79 Å². The van der Waals surface area contributed by atoms with Crippen LogP contribution in [0.5, 0.6) is 0 Å². The van der Waals surface area contributed by atoms with Crippen LogP contribution in [-0.2, 0) is 21.7 Å². The van der Waals surface area contributed by atoms with Crippen molar-refractivity contribution in [2.45, 2.75) is 26.0 Å². The number of nitrogens with one attached hydrogen (secondary N) is 1. The van der Waals surface area contributed by atoms with Crippen LogP contribution in [0.15, 0.2) is 60.4 Å². The maximum absolute atomic E-state index is 11.9. The second kappa shape index (κ2) is 6.21. The van der Waals surface area contributed by atoms with Crippen LogP contribution < -0.4 is 5.32 Å². The lowest BCUT2D eigenvalue weighted by Crippen LogP contribution is -2.50. The van der Waals surface area contributed by atoms with E-state index in [0.717, 1.165) is 16.7 Å². The Kier molecular flexibility index (Phi) is 4.09. The first kappa shape index (κ1) is 15.8. The number of fused-ring (bicyclic) bond motifs is 1. The van der Waals surface area contributed by atoms with Crippen LogP contribution in [0.3, 0.4) is 0 Å². The van der Waals surface area contributed by atoms with Crippen LogP contribution in [-0.4, -0.2) is 5.91 Å². The lowest BCUT2D eigenvalue weighted by Gasteiger charge is -2.40. The maximum Gasteiger partial charge on any atom is 0.220 e. The predicted octanol–water partition coefficient (Wildman–Crippen LogP) is 3.50. The SMILES string of the molecule is CC(=O)NC1(Cc2ccccc2)OC(C)=C(C#N)c2ccccc21. The zero-order valence-electron chi connectivity index (χ0n) is 13.7. The molecule has 120 valence electrons. The number of benzene rings is 2. The minimum absolute atomic E-state index is 0.186. The summed E-state index contributed by atoms with van der Waals surface area (Å²) in [7, 11) is 0. The average molecular weight is 318 g/mol. The lowest BCUT2D eigenvalue weighted by molar-refractivity contribution is -0.129. The lowest BCUT2D eigenvalue weighted by atomic mass is 9.85. The van der Waals surface area contributed by atoms with Gasteiger partial charge in [0.15, 0.2) is 0 Å². The third-order valence-electron chi connectivity index (χ3n) is 4.10. The normalized spacial score (nSPS) is 19.0. The fourth-order valence-electron chi connectivity index (χ4n) is 3.19. The molecule has 4 nitrogen and oxygen atoms in total. The Balaban J connectivity index is 2.18. The molecule has 0 radical (unpaired) electrons. The highest BCUT2D eigenvalue weighted by atomic mass is 16.5. The van der Waals surface area contributed by atoms with Crippen LogP contribution in [0.2, 0.25) is 0 Å². The molecule has 1 atom stereocenters. The van der Waals surface area contributed by atoms with Crippen molar-refractivity contribution in [2.75, 3.05) is 0 Å². The van der Waals surface area contributed by atoms with Crippen molar-refractivity contribution >= 4 is 11.5 Å². The molecular weight excluding hydrogens is 300 g/mol. The smallest absolute Gasteiger partial charge is 0.220 e. The standard InChI is InChI=1S/C20H18N2O2/c1-14-18(13-21)17-10-6-7-11-19(17)20(24-14,22-15(2)23)12-16-8-4-3-5-9-16/h3-11H,12H2,1-2H3,(H,22,23). The summed E-state index contributed by atoms with van der Waals surface area (Å²) in [6.07, 6.45) is 0.473. The monoisotopic (exact) mass is 318 g/mol. The summed E-state index contributed by atoms with van der Waals surface area (Å²) in [4.78, 5) is 11.9. The first-order chi connectivity index (χ1) is 11.6. The molecule has 0 bridgehead atoms. The molecule has 1 N–H and O–H groups in total. The first-order valence-corrected chi connectivity index (χ1v) is 7.78. The molecule has 0 aromatic heterocycles. The van der Waals surface area contributed by atoms with Gasteiger partial charge in [-0.2, -0.15) is 5.26 Å². The molecule has 1 unspecified atom stereocenters. The van der Waals surface area contributed by atoms with Crippen LogP contribution in [0, 0.1) is 11.3 Å². The molecule has 1 heterocycles. The van der Waals surface area contributed by atoms with Gasteiger partial charge in [-0.25, -0.2) is 0 Å². The summed E-state index contributed by atoms with van der Waals surface area (Å²) in [6.45, 7) is 3.23. The third kappa shape index (κ3) is 2.77. The second-order valence-electron chi connectivity index (χ2n) is 5.86. The number of nitriles is 1. The Morgan fingerprint density at radius 1 is 1.17 bits per heavy atom. The molecule has 0 saturated heterocycles. The van der Waals surface area contributed by atoms with Gasteiger partial charge < -0.3 is 10.1 Å². The molecule has 0 fully saturated rings. The Morgan fingerprint density at radius 3 is 2.50 bits per heavy atom. The Hall–Kier alpha value is -3.06. The highest BCUT2D eigenvalue weighted by Crippen LogP contribution is 2.40. The van der Waals surface area contributed by atoms with Gasteiger partial charge >= 0.3 is 0 Å². The number of carbonyl (C=O) groups is 1. The van der Waals surface area contributed by atoms with Gasteiger partial charge in [0.05, 0.1) is 5.57 Å². The minimum Gasteiger partial charge on any atom is -0.467 e. The molecule has 2 aromatic rings. The Morgan fingerprint density at radius 2 is 1.83 bits per heavy atom. The number of nitrogens with zero attached hydrogens (tertiary/aromatic N) is 1. The van der Waals surface area contributed by atoms with Crippen LogP contribution in [0.1, 0.15) is 30.5 Å². The van der Waals surface area contributed by atoms with E-state index in [4.69, 9.17) is 4.74 Å². The molecule has 2 aromatic carbocycles. The van der Waals surface area contributed by atoms with E-state index in [0.29, 0.717) is 17.8 Å². The summed E-state index contributed by atoms with van der Waals surface area (Å²) in [5.74, 6) is 0.329. The molecule has 24 heavy (non-hydrogen) atoms. The molecule has 1 amide bonds. The number of ether oxygens (including phenoxy) is 1. The van der Waals surface area contributed by atoms with E-state index < -0.39 is 5.72 Å². The van der Waals surface area contributed by atoms with Gasteiger partial charge in [0.1, 0.15) is 11.8 Å². The van der Waals surface area contributed by atoms with Crippen molar-refractivity contribution < 1.29 is 9.53 Å². The number of carbonyl (C=O) groups excluding carboxylic acids is 1. The molecule has 3 rings (SSSR count). The minimum atomic E-state index is -1.02. The molecule has 0 spiro atoms. The van der Waals surface area contributed by atoms with Crippen molar-refractivity contribution in [3.05, 3.63) is 77.0 Å². The fourth-order valence-corrected chi connectivity index (χ4v) is 3.19. The summed E-state index contributed by atoms with van der Waals surface area (Å²) < 4.78 is 6.14. The van der Waals surface area contributed by atoms with Crippen molar-refractivity contribution in [1.82, 2.24) is 5.32 Å². The first-order valence-electron chi connectivity index (χ1n) is 7.78. The van der Waals surface area contributed by atoms with Gasteiger partial charge in [0, 0.05) is 24.5 Å². The van der Waals surface area contributed by atoms with E-state index in [9.17, 15) is 10.1 Å². The van der Waals surface area contributed by atoms with Gasteiger partial charge in [-0.05, 0) is 12.5 Å². The van der Waals surface area contributed by atoms with E-state index in [1.54, 1.807) is 6.92 Å². The highest BCUT2D eigenvalue weighted by Gasteiger charge is 2.42. The quantitative estimate of drug-likeness (QED) is 0.942. The fraction of sp³-hybridized carbons (Fsp3) is 0.200. The van der Waals surface area contributed by atoms with Gasteiger partial charge in [-0.1, -0.05) is 54.6 Å². The Bertz CT molecular complexity index is 849. The predicted molar refractivity (Wildman–Crippen MR) is 91.4 cm³/mol. The number of rotatable bonds is 3. The third-order valence-corrected chi connectivity index (χ3v) is 4.10. The van der Waals surface area contributed by atoms with E-state index in [-0.39, 0.29) is 5.91 Å². The number of allylic oxidation sites excluding steroid dienone is 2. The van der Waals surface area contributed by atoms with E-state index >= 15 is 0 Å². The molecule has 4 heteroatoms.